The summed E-state index contributed by atoms with van der Waals surface area (Å²) < 4.78 is 0. The summed E-state index contributed by atoms with van der Waals surface area (Å²) in [4.78, 5) is 12.1. The third-order valence-electron chi connectivity index (χ3n) is 2.82. The second-order valence-electron chi connectivity index (χ2n) is 4.10. The normalized spacial score (nSPS) is 11.9. The van der Waals surface area contributed by atoms with E-state index in [2.05, 4.69) is 5.32 Å². The van der Waals surface area contributed by atoms with Gasteiger partial charge >= 0.3 is 0 Å². The third kappa shape index (κ3) is 2.90. The zero-order valence-corrected chi connectivity index (χ0v) is 10.8. The van der Waals surface area contributed by atoms with Gasteiger partial charge in [0.2, 0.25) is 5.91 Å². The molecule has 0 fully saturated rings. The quantitative estimate of drug-likeness (QED) is 0.884. The van der Waals surface area contributed by atoms with Crippen LogP contribution in [0.3, 0.4) is 0 Å². The Morgan fingerprint density at radius 3 is 2.33 bits per heavy atom. The summed E-state index contributed by atoms with van der Waals surface area (Å²) in [7, 11) is 0. The molecule has 0 aromatic heterocycles. The molecule has 2 aromatic carbocycles. The predicted octanol–water partition coefficient (Wildman–Crippen LogP) is 4.08. The minimum atomic E-state index is -0.206. The maximum atomic E-state index is 12.1. The van der Waals surface area contributed by atoms with Gasteiger partial charge in [0.1, 0.15) is 0 Å². The summed E-state index contributed by atoms with van der Waals surface area (Å²) in [6.45, 7) is 1.88. The topological polar surface area (TPSA) is 29.1 Å². The van der Waals surface area contributed by atoms with Crippen molar-refractivity contribution in [3.63, 3.8) is 0 Å². The van der Waals surface area contributed by atoms with Crippen molar-refractivity contribution in [2.24, 2.45) is 0 Å². The smallest absolute Gasteiger partial charge is 0.231 e. The predicted molar refractivity (Wildman–Crippen MR) is 74.9 cm³/mol. The lowest BCUT2D eigenvalue weighted by atomic mass is 10.0. The average Bonchev–Trinajstić information content (AvgIpc) is 2.41. The number of carbonyl (C=O) groups is 1. The van der Waals surface area contributed by atoms with Gasteiger partial charge in [0.15, 0.2) is 0 Å². The lowest BCUT2D eigenvalue weighted by Crippen LogP contribution is -2.18. The van der Waals surface area contributed by atoms with Crippen LogP contribution in [-0.2, 0) is 4.79 Å². The van der Waals surface area contributed by atoms with E-state index in [1.807, 2.05) is 49.4 Å². The number of amides is 1. The van der Waals surface area contributed by atoms with E-state index in [1.165, 1.54) is 0 Å². The number of carbonyl (C=O) groups excluding carboxylic acids is 1. The van der Waals surface area contributed by atoms with Gasteiger partial charge in [-0.25, -0.2) is 0 Å². The van der Waals surface area contributed by atoms with E-state index < -0.39 is 0 Å². The summed E-state index contributed by atoms with van der Waals surface area (Å²) >= 11 is 6.00. The molecule has 92 valence electrons. The molecular weight excluding hydrogens is 246 g/mol. The molecule has 0 aliphatic heterocycles. The molecule has 0 saturated heterocycles. The molecule has 0 heterocycles. The van der Waals surface area contributed by atoms with E-state index in [0.717, 1.165) is 5.56 Å². The first-order valence-corrected chi connectivity index (χ1v) is 6.16. The van der Waals surface area contributed by atoms with Crippen molar-refractivity contribution in [2.75, 3.05) is 5.32 Å². The molecule has 2 aromatic rings. The van der Waals surface area contributed by atoms with Gasteiger partial charge in [-0.15, -0.1) is 0 Å². The Morgan fingerprint density at radius 1 is 1.06 bits per heavy atom. The lowest BCUT2D eigenvalue weighted by molar-refractivity contribution is -0.117. The van der Waals surface area contributed by atoms with Crippen LogP contribution in [0.15, 0.2) is 54.6 Å². The van der Waals surface area contributed by atoms with Crippen LogP contribution in [0, 0.1) is 0 Å². The van der Waals surface area contributed by atoms with Crippen molar-refractivity contribution in [1.82, 2.24) is 0 Å². The fourth-order valence-corrected chi connectivity index (χ4v) is 1.88. The fourth-order valence-electron chi connectivity index (χ4n) is 1.70. The van der Waals surface area contributed by atoms with Gasteiger partial charge in [-0.3, -0.25) is 4.79 Å². The van der Waals surface area contributed by atoms with Gasteiger partial charge < -0.3 is 5.32 Å². The molecule has 1 amide bonds. The van der Waals surface area contributed by atoms with Crippen LogP contribution in [0.25, 0.3) is 0 Å². The highest BCUT2D eigenvalue weighted by molar-refractivity contribution is 6.33. The van der Waals surface area contributed by atoms with Crippen molar-refractivity contribution in [1.29, 1.82) is 0 Å². The molecule has 2 nitrogen and oxygen atoms in total. The molecule has 0 bridgehead atoms. The van der Waals surface area contributed by atoms with E-state index >= 15 is 0 Å². The van der Waals surface area contributed by atoms with E-state index in [-0.39, 0.29) is 11.8 Å². The Balaban J connectivity index is 2.12. The number of rotatable bonds is 3. The molecular formula is C15H14ClNO. The van der Waals surface area contributed by atoms with Gasteiger partial charge in [0.25, 0.3) is 0 Å². The first-order valence-electron chi connectivity index (χ1n) is 5.79. The van der Waals surface area contributed by atoms with Gasteiger partial charge in [0.05, 0.1) is 16.6 Å². The first-order chi connectivity index (χ1) is 8.68. The van der Waals surface area contributed by atoms with E-state index in [1.54, 1.807) is 12.1 Å². The van der Waals surface area contributed by atoms with E-state index in [0.29, 0.717) is 10.7 Å². The summed E-state index contributed by atoms with van der Waals surface area (Å²) in [5.41, 5.74) is 1.63. The minimum absolute atomic E-state index is 0.0608. The highest BCUT2D eigenvalue weighted by Crippen LogP contribution is 2.23. The van der Waals surface area contributed by atoms with E-state index in [9.17, 15) is 4.79 Å². The summed E-state index contributed by atoms with van der Waals surface area (Å²) in [5.74, 6) is -0.267. The Labute approximate surface area is 112 Å². The summed E-state index contributed by atoms with van der Waals surface area (Å²) in [6.07, 6.45) is 0. The molecule has 3 heteroatoms. The summed E-state index contributed by atoms with van der Waals surface area (Å²) in [5, 5.41) is 3.38. The number of hydrogen-bond acceptors (Lipinski definition) is 1. The number of hydrogen-bond donors (Lipinski definition) is 1. The zero-order chi connectivity index (χ0) is 13.0. The van der Waals surface area contributed by atoms with Crippen LogP contribution in [0.1, 0.15) is 18.4 Å². The van der Waals surface area contributed by atoms with Gasteiger partial charge in [0, 0.05) is 0 Å². The second-order valence-corrected chi connectivity index (χ2v) is 4.51. The average molecular weight is 260 g/mol. The van der Waals surface area contributed by atoms with Gasteiger partial charge in [-0.2, -0.15) is 0 Å². The second kappa shape index (κ2) is 5.69. The van der Waals surface area contributed by atoms with E-state index in [4.69, 9.17) is 11.6 Å². The van der Waals surface area contributed by atoms with Crippen molar-refractivity contribution in [3.8, 4) is 0 Å². The van der Waals surface area contributed by atoms with Gasteiger partial charge in [-0.1, -0.05) is 54.1 Å². The maximum Gasteiger partial charge on any atom is 0.231 e. The fraction of sp³-hybridized carbons (Fsp3) is 0.133. The zero-order valence-electron chi connectivity index (χ0n) is 10.1. The highest BCUT2D eigenvalue weighted by atomic mass is 35.5. The highest BCUT2D eigenvalue weighted by Gasteiger charge is 2.15. The van der Waals surface area contributed by atoms with Crippen LogP contribution in [-0.4, -0.2) is 5.91 Å². The molecule has 0 saturated carbocycles. The largest absolute Gasteiger partial charge is 0.324 e. The van der Waals surface area contributed by atoms with Crippen LogP contribution < -0.4 is 5.32 Å². The Bertz CT molecular complexity index is 539. The molecule has 0 spiro atoms. The SMILES string of the molecule is C[C@H](C(=O)Nc1ccccc1Cl)c1ccccc1. The Kier molecular flexibility index (Phi) is 4.00. The Morgan fingerprint density at radius 2 is 1.67 bits per heavy atom. The molecule has 1 atom stereocenters. The van der Waals surface area contributed by atoms with Crippen LogP contribution in [0.2, 0.25) is 5.02 Å². The molecule has 0 radical (unpaired) electrons. The molecule has 1 N–H and O–H groups in total. The molecule has 0 aliphatic rings. The third-order valence-corrected chi connectivity index (χ3v) is 3.15. The lowest BCUT2D eigenvalue weighted by Gasteiger charge is -2.13. The number of halogens is 1. The van der Waals surface area contributed by atoms with Crippen LogP contribution >= 0.6 is 11.6 Å². The van der Waals surface area contributed by atoms with Crippen LogP contribution in [0.5, 0.6) is 0 Å². The van der Waals surface area contributed by atoms with Crippen molar-refractivity contribution < 1.29 is 4.79 Å². The Hall–Kier alpha value is -1.80. The standard InChI is InChI=1S/C15H14ClNO/c1-11(12-7-3-2-4-8-12)15(18)17-14-10-6-5-9-13(14)16/h2-11H,1H3,(H,17,18)/t11-/m0/s1. The van der Waals surface area contributed by atoms with Crippen molar-refractivity contribution in [2.45, 2.75) is 12.8 Å². The molecule has 0 unspecified atom stereocenters. The molecule has 0 aliphatic carbocycles. The molecule has 18 heavy (non-hydrogen) atoms. The van der Waals surface area contributed by atoms with Crippen molar-refractivity contribution >= 4 is 23.2 Å². The van der Waals surface area contributed by atoms with Crippen LogP contribution in [0.4, 0.5) is 5.69 Å². The number of para-hydroxylation sites is 1. The van der Waals surface area contributed by atoms with Gasteiger partial charge in [-0.05, 0) is 24.6 Å². The monoisotopic (exact) mass is 259 g/mol. The summed E-state index contributed by atoms with van der Waals surface area (Å²) in [6, 6.07) is 16.9. The first kappa shape index (κ1) is 12.7. The van der Waals surface area contributed by atoms with Crippen molar-refractivity contribution in [3.05, 3.63) is 65.2 Å². The minimum Gasteiger partial charge on any atom is -0.324 e. The number of benzene rings is 2. The molecule has 2 rings (SSSR count). The number of anilines is 1. The maximum absolute atomic E-state index is 12.1. The number of nitrogens with one attached hydrogen (secondary N) is 1.